The third-order valence-electron chi connectivity index (χ3n) is 13.5. The second kappa shape index (κ2) is 12.1. The monoisotopic (exact) mass is 786 g/mol. The smallest absolute Gasteiger partial charge is 0.319 e. The number of rotatable bonds is 6. The van der Waals surface area contributed by atoms with E-state index in [1.54, 1.807) is 6.07 Å². The molecule has 2 N–H and O–H groups in total. The first-order valence-electron chi connectivity index (χ1n) is 19.0. The molecule has 10 nitrogen and oxygen atoms in total. The number of nitrogens with zero attached hydrogens (tertiary/aromatic N) is 7. The van der Waals surface area contributed by atoms with Crippen LogP contribution in [0.2, 0.25) is 5.02 Å². The van der Waals surface area contributed by atoms with Crippen LogP contribution in [0.1, 0.15) is 63.4 Å². The molecular formula is C40H38ClF3N8O2S. The van der Waals surface area contributed by atoms with Crippen molar-refractivity contribution < 1.29 is 22.7 Å². The number of carbonyl (C=O) groups excluding carboxylic acids is 1. The van der Waals surface area contributed by atoms with Gasteiger partial charge in [-0.3, -0.25) is 9.69 Å². The number of halogens is 4. The fourth-order valence-corrected chi connectivity index (χ4v) is 12.3. The van der Waals surface area contributed by atoms with Crippen molar-refractivity contribution >= 4 is 60.7 Å². The summed E-state index contributed by atoms with van der Waals surface area (Å²) in [5.74, 6) is -0.758. The Labute approximate surface area is 324 Å². The SMILES string of the molecule is N#Cc1c(N)sc2c(F)ccc(-c3c(Cl)cc4c(N5CCCCC6(CN(C(=O)C78CC(C#N)(C7)C8)C6)C5)nc(OC[C@@]56CCCN5C[C@H](F)C6)nc4c3F)c12. The molecule has 284 valence electrons. The van der Waals surface area contributed by atoms with Gasteiger partial charge < -0.3 is 20.3 Å². The largest absolute Gasteiger partial charge is 0.461 e. The molecule has 4 saturated heterocycles. The molecule has 2 atom stereocenters. The Balaban J connectivity index is 1.04. The molecule has 15 heteroatoms. The van der Waals surface area contributed by atoms with Crippen molar-refractivity contribution in [3.8, 4) is 29.3 Å². The van der Waals surface area contributed by atoms with Gasteiger partial charge >= 0.3 is 6.01 Å². The molecule has 3 aliphatic carbocycles. The number of amides is 1. The van der Waals surface area contributed by atoms with Gasteiger partial charge in [-0.1, -0.05) is 24.1 Å². The van der Waals surface area contributed by atoms with Gasteiger partial charge in [0.05, 0.1) is 37.7 Å². The van der Waals surface area contributed by atoms with E-state index in [1.807, 2.05) is 11.0 Å². The van der Waals surface area contributed by atoms with Crippen molar-refractivity contribution in [2.45, 2.75) is 69.5 Å². The minimum Gasteiger partial charge on any atom is -0.461 e. The number of thiophene rings is 1. The van der Waals surface area contributed by atoms with E-state index in [1.165, 1.54) is 12.1 Å². The molecule has 3 saturated carbocycles. The summed E-state index contributed by atoms with van der Waals surface area (Å²) in [6.07, 6.45) is 5.76. The zero-order valence-corrected chi connectivity index (χ0v) is 31.6. The summed E-state index contributed by atoms with van der Waals surface area (Å²) in [7, 11) is 0. The topological polar surface area (TPSA) is 135 Å². The Hall–Kier alpha value is -4.37. The Morgan fingerprint density at radius 1 is 1.09 bits per heavy atom. The lowest BCUT2D eigenvalue weighted by atomic mass is 9.35. The van der Waals surface area contributed by atoms with Crippen LogP contribution in [0.5, 0.6) is 6.01 Å². The van der Waals surface area contributed by atoms with E-state index in [0.29, 0.717) is 69.6 Å². The zero-order chi connectivity index (χ0) is 38.1. The van der Waals surface area contributed by atoms with Gasteiger partial charge in [0, 0.05) is 60.9 Å². The van der Waals surface area contributed by atoms with E-state index >= 15 is 8.78 Å². The standard InChI is InChI=1S/C40H38ClF3N8O2S/c41-26-10-24-31(30(44)29(26)23-4-5-27(43)32-28(23)25(12-45)33(47)55-32)48-36(54-21-40-7-3-9-52(40)13-22(42)11-40)49-34(24)50-8-2-1-6-37(18-50)19-51(20-37)35(53)39-14-38(15-39,16-39)17-46/h4-5,10,22H,1-3,6-9,11,13-16,18-21,47H2/t22-,38?,39?,40+/m1/s1. The maximum absolute atomic E-state index is 17.3. The quantitative estimate of drug-likeness (QED) is 0.213. The number of hydrogen-bond acceptors (Lipinski definition) is 10. The number of alkyl halides is 1. The van der Waals surface area contributed by atoms with Crippen LogP contribution in [0.3, 0.4) is 0 Å². The van der Waals surface area contributed by atoms with E-state index in [9.17, 15) is 19.7 Å². The average molecular weight is 787 g/mol. The van der Waals surface area contributed by atoms with E-state index in [2.05, 4.69) is 20.9 Å². The number of nitrogens with two attached hydrogens (primary N) is 1. The Morgan fingerprint density at radius 2 is 1.89 bits per heavy atom. The van der Waals surface area contributed by atoms with Gasteiger partial charge in [0.25, 0.3) is 0 Å². The van der Waals surface area contributed by atoms with Crippen LogP contribution in [-0.2, 0) is 4.79 Å². The third kappa shape index (κ3) is 5.10. The van der Waals surface area contributed by atoms with Crippen molar-refractivity contribution in [2.75, 3.05) is 56.5 Å². The molecule has 6 heterocycles. The maximum atomic E-state index is 17.3. The second-order valence-electron chi connectivity index (χ2n) is 17.1. The van der Waals surface area contributed by atoms with E-state index in [-0.39, 0.29) is 77.1 Å². The summed E-state index contributed by atoms with van der Waals surface area (Å²) in [6.45, 7) is 3.67. The van der Waals surface area contributed by atoms with Crippen molar-refractivity contribution in [2.24, 2.45) is 16.2 Å². The highest BCUT2D eigenvalue weighted by Gasteiger charge is 2.73. The van der Waals surface area contributed by atoms with Crippen LogP contribution >= 0.6 is 22.9 Å². The number of fused-ring (bicyclic) bond motifs is 3. The number of ether oxygens (including phenoxy) is 1. The number of nitrogen functional groups attached to an aromatic ring is 1. The van der Waals surface area contributed by atoms with Gasteiger partial charge in [0.2, 0.25) is 5.91 Å². The molecule has 7 fully saturated rings. The minimum atomic E-state index is -0.958. The molecule has 2 bridgehead atoms. The lowest BCUT2D eigenvalue weighted by Crippen LogP contribution is -2.72. The number of likely N-dealkylation sites (tertiary alicyclic amines) is 1. The van der Waals surface area contributed by atoms with Crippen molar-refractivity contribution in [3.63, 3.8) is 0 Å². The van der Waals surface area contributed by atoms with E-state index in [4.69, 9.17) is 27.1 Å². The first-order chi connectivity index (χ1) is 26.4. The van der Waals surface area contributed by atoms with Crippen LogP contribution in [0.15, 0.2) is 18.2 Å². The summed E-state index contributed by atoms with van der Waals surface area (Å²) < 4.78 is 53.5. The fourth-order valence-electron chi connectivity index (χ4n) is 11.0. The highest BCUT2D eigenvalue weighted by molar-refractivity contribution is 7.23. The van der Waals surface area contributed by atoms with E-state index in [0.717, 1.165) is 50.0 Å². The molecule has 0 unspecified atom stereocenters. The molecule has 1 spiro atoms. The lowest BCUT2D eigenvalue weighted by molar-refractivity contribution is -0.205. The molecule has 4 aliphatic heterocycles. The molecule has 2 aromatic carbocycles. The summed E-state index contributed by atoms with van der Waals surface area (Å²) in [4.78, 5) is 29.4. The summed E-state index contributed by atoms with van der Waals surface area (Å²) in [6, 6.07) is 8.62. The molecule has 11 rings (SSSR count). The van der Waals surface area contributed by atoms with E-state index < -0.39 is 23.3 Å². The number of benzene rings is 2. The average Bonchev–Trinajstić information content (AvgIpc) is 3.69. The fraction of sp³-hybridized carbons (Fsp3) is 0.525. The normalized spacial score (nSPS) is 29.3. The van der Waals surface area contributed by atoms with Crippen molar-refractivity contribution in [3.05, 3.63) is 40.4 Å². The minimum absolute atomic E-state index is 0.0316. The molecular weight excluding hydrogens is 749 g/mol. The summed E-state index contributed by atoms with van der Waals surface area (Å²) in [5.41, 5.74) is 4.91. The first-order valence-corrected chi connectivity index (χ1v) is 20.2. The van der Waals surface area contributed by atoms with Crippen LogP contribution < -0.4 is 15.4 Å². The molecule has 55 heavy (non-hydrogen) atoms. The van der Waals surface area contributed by atoms with Crippen LogP contribution in [-0.4, -0.2) is 83.3 Å². The molecule has 1 amide bonds. The number of nitriles is 2. The Bertz CT molecular complexity index is 2400. The van der Waals surface area contributed by atoms with Gasteiger partial charge in [-0.25, -0.2) is 13.2 Å². The Morgan fingerprint density at radius 3 is 2.65 bits per heavy atom. The van der Waals surface area contributed by atoms with Gasteiger partial charge in [-0.15, -0.1) is 11.3 Å². The van der Waals surface area contributed by atoms with Crippen molar-refractivity contribution in [1.29, 1.82) is 10.5 Å². The second-order valence-corrected chi connectivity index (χ2v) is 18.6. The van der Waals surface area contributed by atoms with Gasteiger partial charge in [-0.05, 0) is 69.2 Å². The Kier molecular flexibility index (Phi) is 7.69. The number of aromatic nitrogens is 2. The molecule has 2 aromatic heterocycles. The van der Waals surface area contributed by atoms with Gasteiger partial charge in [-0.2, -0.15) is 20.5 Å². The van der Waals surface area contributed by atoms with Crippen LogP contribution in [0.25, 0.3) is 32.1 Å². The highest BCUT2D eigenvalue weighted by atomic mass is 35.5. The maximum Gasteiger partial charge on any atom is 0.319 e. The zero-order valence-electron chi connectivity index (χ0n) is 30.1. The van der Waals surface area contributed by atoms with Gasteiger partial charge in [0.15, 0.2) is 5.82 Å². The molecule has 0 radical (unpaired) electrons. The predicted octanol–water partition coefficient (Wildman–Crippen LogP) is 7.36. The van der Waals surface area contributed by atoms with Crippen LogP contribution in [0, 0.1) is 50.5 Å². The van der Waals surface area contributed by atoms with Crippen LogP contribution in [0.4, 0.5) is 24.0 Å². The summed E-state index contributed by atoms with van der Waals surface area (Å²) >= 11 is 7.89. The molecule has 4 aromatic rings. The lowest BCUT2D eigenvalue weighted by Gasteiger charge is -2.68. The van der Waals surface area contributed by atoms with Crippen molar-refractivity contribution in [1.82, 2.24) is 19.8 Å². The van der Waals surface area contributed by atoms with Gasteiger partial charge in [0.1, 0.15) is 41.0 Å². The number of anilines is 2. The first kappa shape index (κ1) is 35.1. The number of carbonyl (C=O) groups is 1. The summed E-state index contributed by atoms with van der Waals surface area (Å²) in [5, 5.41) is 20.2. The third-order valence-corrected chi connectivity index (χ3v) is 14.9. The number of hydrogen-bond donors (Lipinski definition) is 1. The molecule has 7 aliphatic rings. The predicted molar refractivity (Wildman–Crippen MR) is 202 cm³/mol. The highest BCUT2D eigenvalue weighted by Crippen LogP contribution is 2.74.